The lowest BCUT2D eigenvalue weighted by molar-refractivity contribution is 0.756. The summed E-state index contributed by atoms with van der Waals surface area (Å²) in [5.74, 6) is 0.876. The minimum atomic E-state index is 0.00526. The van der Waals surface area contributed by atoms with Gasteiger partial charge in [-0.05, 0) is 24.1 Å². The standard InChI is InChI=1S/C14H17N3O/c1-2-8-15-13-7-6-12(10-16-13)11-17-9-4-3-5-14(17)18/h3-7,9-10H,2,8,11H2,1H3,(H,15,16). The lowest BCUT2D eigenvalue weighted by atomic mass is 10.2. The van der Waals surface area contributed by atoms with E-state index in [2.05, 4.69) is 17.2 Å². The number of hydrogen-bond acceptors (Lipinski definition) is 3. The van der Waals surface area contributed by atoms with Gasteiger partial charge < -0.3 is 9.88 Å². The van der Waals surface area contributed by atoms with Crippen molar-refractivity contribution in [2.75, 3.05) is 11.9 Å². The molecule has 2 rings (SSSR count). The summed E-state index contributed by atoms with van der Waals surface area (Å²) in [6.45, 7) is 3.59. The van der Waals surface area contributed by atoms with Gasteiger partial charge in [0.05, 0.1) is 6.54 Å². The predicted molar refractivity (Wildman–Crippen MR) is 72.8 cm³/mol. The van der Waals surface area contributed by atoms with Crippen molar-refractivity contribution >= 4 is 5.82 Å². The number of pyridine rings is 2. The second-order valence-corrected chi connectivity index (χ2v) is 4.15. The van der Waals surface area contributed by atoms with Crippen LogP contribution in [-0.4, -0.2) is 16.1 Å². The van der Waals surface area contributed by atoms with Crippen molar-refractivity contribution in [1.82, 2.24) is 9.55 Å². The molecule has 0 bridgehead atoms. The summed E-state index contributed by atoms with van der Waals surface area (Å²) in [4.78, 5) is 15.9. The Morgan fingerprint density at radius 1 is 1.28 bits per heavy atom. The van der Waals surface area contributed by atoms with Crippen molar-refractivity contribution < 1.29 is 0 Å². The number of aromatic nitrogens is 2. The van der Waals surface area contributed by atoms with Crippen LogP contribution >= 0.6 is 0 Å². The van der Waals surface area contributed by atoms with Crippen LogP contribution in [0.2, 0.25) is 0 Å². The lowest BCUT2D eigenvalue weighted by Crippen LogP contribution is -2.18. The highest BCUT2D eigenvalue weighted by Gasteiger charge is 1.98. The van der Waals surface area contributed by atoms with Gasteiger partial charge in [-0.25, -0.2) is 4.98 Å². The molecule has 0 aromatic carbocycles. The van der Waals surface area contributed by atoms with E-state index in [1.807, 2.05) is 18.2 Å². The molecule has 0 amide bonds. The van der Waals surface area contributed by atoms with Gasteiger partial charge >= 0.3 is 0 Å². The van der Waals surface area contributed by atoms with E-state index in [0.717, 1.165) is 24.3 Å². The highest BCUT2D eigenvalue weighted by atomic mass is 16.1. The molecule has 2 aromatic rings. The molecule has 0 saturated carbocycles. The monoisotopic (exact) mass is 243 g/mol. The number of rotatable bonds is 5. The van der Waals surface area contributed by atoms with Crippen LogP contribution in [0.5, 0.6) is 0 Å². The number of nitrogens with zero attached hydrogens (tertiary/aromatic N) is 2. The number of nitrogens with one attached hydrogen (secondary N) is 1. The lowest BCUT2D eigenvalue weighted by Gasteiger charge is -2.07. The molecule has 0 atom stereocenters. The van der Waals surface area contributed by atoms with Crippen LogP contribution in [0.3, 0.4) is 0 Å². The zero-order chi connectivity index (χ0) is 12.8. The van der Waals surface area contributed by atoms with Gasteiger partial charge in [0, 0.05) is 25.0 Å². The van der Waals surface area contributed by atoms with Crippen LogP contribution in [0.15, 0.2) is 47.5 Å². The molecule has 2 heterocycles. The Bertz CT molecular complexity index is 545. The fraction of sp³-hybridized carbons (Fsp3) is 0.286. The molecule has 0 saturated heterocycles. The van der Waals surface area contributed by atoms with Gasteiger partial charge in [0.2, 0.25) is 0 Å². The quantitative estimate of drug-likeness (QED) is 0.875. The van der Waals surface area contributed by atoms with E-state index >= 15 is 0 Å². The molecular formula is C14H17N3O. The Morgan fingerprint density at radius 2 is 2.17 bits per heavy atom. The van der Waals surface area contributed by atoms with E-state index in [0.29, 0.717) is 6.54 Å². The van der Waals surface area contributed by atoms with Gasteiger partial charge in [0.25, 0.3) is 5.56 Å². The van der Waals surface area contributed by atoms with E-state index in [1.54, 1.807) is 29.1 Å². The summed E-state index contributed by atoms with van der Waals surface area (Å²) >= 11 is 0. The molecule has 1 N–H and O–H groups in total. The molecule has 0 spiro atoms. The Labute approximate surface area is 106 Å². The summed E-state index contributed by atoms with van der Waals surface area (Å²) in [5.41, 5.74) is 1.02. The Morgan fingerprint density at radius 3 is 2.83 bits per heavy atom. The molecule has 4 nitrogen and oxygen atoms in total. The zero-order valence-electron chi connectivity index (χ0n) is 10.5. The first-order valence-electron chi connectivity index (χ1n) is 6.14. The van der Waals surface area contributed by atoms with Gasteiger partial charge in [0.1, 0.15) is 5.82 Å². The second kappa shape index (κ2) is 6.00. The summed E-state index contributed by atoms with van der Waals surface area (Å²) in [5, 5.41) is 3.22. The van der Waals surface area contributed by atoms with E-state index < -0.39 is 0 Å². The Balaban J connectivity index is 2.07. The molecule has 0 aliphatic rings. The average molecular weight is 243 g/mol. The van der Waals surface area contributed by atoms with Crippen molar-refractivity contribution in [3.63, 3.8) is 0 Å². The molecule has 0 radical (unpaired) electrons. The third kappa shape index (κ3) is 3.20. The first-order valence-corrected chi connectivity index (χ1v) is 6.14. The van der Waals surface area contributed by atoms with Crippen LogP contribution in [-0.2, 0) is 6.54 Å². The average Bonchev–Trinajstić information content (AvgIpc) is 2.41. The van der Waals surface area contributed by atoms with Gasteiger partial charge in [-0.3, -0.25) is 4.79 Å². The minimum Gasteiger partial charge on any atom is -0.370 e. The molecule has 2 aromatic heterocycles. The maximum absolute atomic E-state index is 11.6. The first-order chi connectivity index (χ1) is 8.79. The predicted octanol–water partition coefficient (Wildman–Crippen LogP) is 2.11. The summed E-state index contributed by atoms with van der Waals surface area (Å²) in [6, 6.07) is 9.09. The van der Waals surface area contributed by atoms with Crippen molar-refractivity contribution in [2.24, 2.45) is 0 Å². The maximum Gasteiger partial charge on any atom is 0.250 e. The van der Waals surface area contributed by atoms with E-state index in [4.69, 9.17) is 0 Å². The van der Waals surface area contributed by atoms with E-state index in [-0.39, 0.29) is 5.56 Å². The van der Waals surface area contributed by atoms with Crippen LogP contribution in [0.1, 0.15) is 18.9 Å². The fourth-order valence-electron chi connectivity index (χ4n) is 1.66. The van der Waals surface area contributed by atoms with Crippen LogP contribution in [0.25, 0.3) is 0 Å². The molecule has 0 fully saturated rings. The van der Waals surface area contributed by atoms with Crippen LogP contribution < -0.4 is 10.9 Å². The van der Waals surface area contributed by atoms with E-state index in [9.17, 15) is 4.79 Å². The molecule has 0 unspecified atom stereocenters. The second-order valence-electron chi connectivity index (χ2n) is 4.15. The zero-order valence-corrected chi connectivity index (χ0v) is 10.5. The molecule has 94 valence electrons. The van der Waals surface area contributed by atoms with Gasteiger partial charge in [0.15, 0.2) is 0 Å². The van der Waals surface area contributed by atoms with Crippen molar-refractivity contribution in [3.05, 3.63) is 58.6 Å². The Hall–Kier alpha value is -2.10. The summed E-state index contributed by atoms with van der Waals surface area (Å²) in [7, 11) is 0. The number of anilines is 1. The molecule has 0 aliphatic heterocycles. The molecule has 4 heteroatoms. The Kier molecular flexibility index (Phi) is 4.12. The van der Waals surface area contributed by atoms with Crippen molar-refractivity contribution in [1.29, 1.82) is 0 Å². The summed E-state index contributed by atoms with van der Waals surface area (Å²) < 4.78 is 1.66. The topological polar surface area (TPSA) is 46.9 Å². The third-order valence-electron chi connectivity index (χ3n) is 2.63. The van der Waals surface area contributed by atoms with Gasteiger partial charge in [-0.1, -0.05) is 19.1 Å². The fourth-order valence-corrected chi connectivity index (χ4v) is 1.66. The third-order valence-corrected chi connectivity index (χ3v) is 2.63. The van der Waals surface area contributed by atoms with Gasteiger partial charge in [-0.15, -0.1) is 0 Å². The van der Waals surface area contributed by atoms with Crippen LogP contribution in [0, 0.1) is 0 Å². The normalized spacial score (nSPS) is 10.3. The smallest absolute Gasteiger partial charge is 0.250 e. The van der Waals surface area contributed by atoms with Gasteiger partial charge in [-0.2, -0.15) is 0 Å². The van der Waals surface area contributed by atoms with Crippen molar-refractivity contribution in [2.45, 2.75) is 19.9 Å². The SMILES string of the molecule is CCCNc1ccc(Cn2ccccc2=O)cn1. The van der Waals surface area contributed by atoms with Crippen LogP contribution in [0.4, 0.5) is 5.82 Å². The maximum atomic E-state index is 11.6. The molecule has 18 heavy (non-hydrogen) atoms. The number of hydrogen-bond donors (Lipinski definition) is 1. The highest BCUT2D eigenvalue weighted by molar-refractivity contribution is 5.35. The molecule has 0 aliphatic carbocycles. The van der Waals surface area contributed by atoms with Crippen molar-refractivity contribution in [3.8, 4) is 0 Å². The van der Waals surface area contributed by atoms with E-state index in [1.165, 1.54) is 0 Å². The minimum absolute atomic E-state index is 0.00526. The largest absolute Gasteiger partial charge is 0.370 e. The summed E-state index contributed by atoms with van der Waals surface area (Å²) in [6.07, 6.45) is 4.66. The first kappa shape index (κ1) is 12.4. The highest BCUT2D eigenvalue weighted by Crippen LogP contribution is 2.06. The molecular weight excluding hydrogens is 226 g/mol.